The van der Waals surface area contributed by atoms with Crippen LogP contribution in [0.3, 0.4) is 0 Å². The molecular formula is C20H21F5N2O4S. The molecule has 0 N–H and O–H groups in total. The number of aromatic nitrogens is 2. The first kappa shape index (κ1) is 24.1. The molecule has 0 amide bonds. The first-order chi connectivity index (χ1) is 14.7. The summed E-state index contributed by atoms with van der Waals surface area (Å²) in [5, 5.41) is 3.13. The lowest BCUT2D eigenvalue weighted by Crippen LogP contribution is -2.36. The number of fused-ring (bicyclic) bond motifs is 1. The van der Waals surface area contributed by atoms with E-state index in [9.17, 15) is 35.2 Å². The van der Waals surface area contributed by atoms with Gasteiger partial charge in [0.25, 0.3) is 5.92 Å². The highest BCUT2D eigenvalue weighted by Gasteiger charge is 2.51. The van der Waals surface area contributed by atoms with Crippen molar-refractivity contribution in [2.24, 2.45) is 5.92 Å². The smallest absolute Gasteiger partial charge is 0.391 e. The molecule has 0 aliphatic heterocycles. The highest BCUT2D eigenvalue weighted by molar-refractivity contribution is 7.90. The first-order valence-corrected chi connectivity index (χ1v) is 11.6. The Morgan fingerprint density at radius 3 is 2.47 bits per heavy atom. The molecule has 1 aromatic carbocycles. The van der Waals surface area contributed by atoms with Gasteiger partial charge in [-0.3, -0.25) is 4.68 Å². The van der Waals surface area contributed by atoms with E-state index in [2.05, 4.69) is 5.10 Å². The summed E-state index contributed by atoms with van der Waals surface area (Å²) in [5.74, 6) is -6.38. The predicted octanol–water partition coefficient (Wildman–Crippen LogP) is 4.35. The van der Waals surface area contributed by atoms with Crippen molar-refractivity contribution in [3.8, 4) is 0 Å². The zero-order valence-corrected chi connectivity index (χ0v) is 18.0. The van der Waals surface area contributed by atoms with Crippen molar-refractivity contribution in [3.05, 3.63) is 47.2 Å². The summed E-state index contributed by atoms with van der Waals surface area (Å²) in [6.07, 6.45) is -7.49. The van der Waals surface area contributed by atoms with Crippen LogP contribution >= 0.6 is 0 Å². The molecule has 6 nitrogen and oxygen atoms in total. The minimum atomic E-state index is -4.46. The number of nitrogens with zero attached hydrogens (tertiary/aromatic N) is 2. The number of benzene rings is 1. The molecule has 2 atom stereocenters. The summed E-state index contributed by atoms with van der Waals surface area (Å²) in [6.45, 7) is 0.634. The summed E-state index contributed by atoms with van der Waals surface area (Å²) >= 11 is 0. The van der Waals surface area contributed by atoms with Crippen LogP contribution in [0, 0.1) is 5.92 Å². The Labute approximate surface area is 181 Å². The molecule has 0 saturated heterocycles. The van der Waals surface area contributed by atoms with Crippen LogP contribution in [0.15, 0.2) is 35.4 Å². The van der Waals surface area contributed by atoms with E-state index < -0.39 is 63.4 Å². The Hall–Kier alpha value is -2.50. The van der Waals surface area contributed by atoms with E-state index >= 15 is 0 Å². The number of alkyl halides is 5. The van der Waals surface area contributed by atoms with Gasteiger partial charge in [-0.2, -0.15) is 18.3 Å². The monoisotopic (exact) mass is 480 g/mol. The van der Waals surface area contributed by atoms with Crippen LogP contribution in [0.25, 0.3) is 0 Å². The van der Waals surface area contributed by atoms with E-state index in [4.69, 9.17) is 4.74 Å². The van der Waals surface area contributed by atoms with Gasteiger partial charge in [-0.05, 0) is 25.0 Å². The lowest BCUT2D eigenvalue weighted by atomic mass is 9.91. The van der Waals surface area contributed by atoms with Crippen molar-refractivity contribution in [2.75, 3.05) is 6.26 Å². The van der Waals surface area contributed by atoms with Gasteiger partial charge in [-0.15, -0.1) is 0 Å². The van der Waals surface area contributed by atoms with Gasteiger partial charge in [-0.1, -0.05) is 25.1 Å². The molecular weight excluding hydrogens is 459 g/mol. The molecule has 2 aromatic rings. The number of ether oxygens (including phenoxy) is 1. The summed E-state index contributed by atoms with van der Waals surface area (Å²) in [4.78, 5) is 12.4. The number of carbonyl (C=O) groups excluding carboxylic acids is 1. The molecule has 0 radical (unpaired) electrons. The van der Waals surface area contributed by atoms with Crippen molar-refractivity contribution < 1.29 is 39.9 Å². The zero-order chi connectivity index (χ0) is 23.9. The van der Waals surface area contributed by atoms with Crippen molar-refractivity contribution in [3.63, 3.8) is 0 Å². The largest absolute Gasteiger partial charge is 0.447 e. The average Bonchev–Trinajstić information content (AvgIpc) is 3.07. The summed E-state index contributed by atoms with van der Waals surface area (Å²) in [7, 11) is -4.15. The number of hydrogen-bond donors (Lipinski definition) is 0. The van der Waals surface area contributed by atoms with E-state index in [1.807, 2.05) is 0 Å². The van der Waals surface area contributed by atoms with Gasteiger partial charge in [-0.25, -0.2) is 22.0 Å². The maximum Gasteiger partial charge on any atom is 0.391 e. The van der Waals surface area contributed by atoms with Gasteiger partial charge in [0.1, 0.15) is 0 Å². The lowest BCUT2D eigenvalue weighted by molar-refractivity contribution is -0.171. The quantitative estimate of drug-likeness (QED) is 0.454. The van der Waals surface area contributed by atoms with Crippen molar-refractivity contribution >= 4 is 15.8 Å². The minimum absolute atomic E-state index is 0.0114. The highest BCUT2D eigenvalue weighted by atomic mass is 32.2. The SMILES string of the molecule is CC(CCn1nc(S(C)(=O)=O)c2c1CCC(F)(F)[C@H]2OC(=O)c1ccccc1)C(F)(F)F. The molecule has 1 heterocycles. The van der Waals surface area contributed by atoms with Crippen molar-refractivity contribution in [1.82, 2.24) is 9.78 Å². The maximum atomic E-state index is 14.8. The number of sulfone groups is 1. The fourth-order valence-electron chi connectivity index (χ4n) is 3.47. The summed E-state index contributed by atoms with van der Waals surface area (Å²) in [5.41, 5.74) is -0.466. The standard InChI is InChI=1S/C20H21F5N2O4S/c1-12(20(23,24)25)9-11-27-14-8-10-19(21,22)16(15(14)17(26-27)32(2,29)30)31-18(28)13-6-4-3-5-7-13/h3-7,12,16H,8-11H2,1-2H3/t12?,16-/m0/s1. The number of hydrogen-bond acceptors (Lipinski definition) is 5. The van der Waals surface area contributed by atoms with E-state index in [0.29, 0.717) is 0 Å². The molecule has 3 rings (SSSR count). The average molecular weight is 480 g/mol. The van der Waals surface area contributed by atoms with Crippen LogP contribution in [-0.4, -0.2) is 42.5 Å². The number of carbonyl (C=O) groups is 1. The summed E-state index contributed by atoms with van der Waals surface area (Å²) in [6, 6.07) is 7.32. The number of rotatable bonds is 6. The molecule has 1 aliphatic carbocycles. The molecule has 0 saturated carbocycles. The topological polar surface area (TPSA) is 78.3 Å². The normalized spacial score (nSPS) is 19.3. The second-order valence-corrected chi connectivity index (χ2v) is 9.74. The van der Waals surface area contributed by atoms with E-state index in [-0.39, 0.29) is 24.2 Å². The Morgan fingerprint density at radius 2 is 1.91 bits per heavy atom. The van der Waals surface area contributed by atoms with Gasteiger partial charge < -0.3 is 4.74 Å². The first-order valence-electron chi connectivity index (χ1n) is 9.72. The third-order valence-electron chi connectivity index (χ3n) is 5.32. The fourth-order valence-corrected chi connectivity index (χ4v) is 4.34. The minimum Gasteiger partial charge on any atom is -0.447 e. The third-order valence-corrected chi connectivity index (χ3v) is 6.33. The Bertz CT molecular complexity index is 1100. The second-order valence-electron chi connectivity index (χ2n) is 7.80. The second kappa shape index (κ2) is 8.45. The zero-order valence-electron chi connectivity index (χ0n) is 17.2. The molecule has 176 valence electrons. The van der Waals surface area contributed by atoms with Gasteiger partial charge in [0.05, 0.1) is 17.0 Å². The third kappa shape index (κ3) is 4.94. The number of halogens is 5. The highest BCUT2D eigenvalue weighted by Crippen LogP contribution is 2.46. The van der Waals surface area contributed by atoms with Gasteiger partial charge in [0.2, 0.25) is 0 Å². The molecule has 1 aliphatic rings. The number of aryl methyl sites for hydroxylation is 1. The molecule has 12 heteroatoms. The van der Waals surface area contributed by atoms with Crippen molar-refractivity contribution in [1.29, 1.82) is 0 Å². The Morgan fingerprint density at radius 1 is 1.28 bits per heavy atom. The molecule has 32 heavy (non-hydrogen) atoms. The molecule has 1 unspecified atom stereocenters. The fraction of sp³-hybridized carbons (Fsp3) is 0.500. The van der Waals surface area contributed by atoms with Crippen LogP contribution in [0.2, 0.25) is 0 Å². The van der Waals surface area contributed by atoms with Crippen LogP contribution in [0.1, 0.15) is 47.5 Å². The van der Waals surface area contributed by atoms with E-state index in [1.165, 1.54) is 24.3 Å². The van der Waals surface area contributed by atoms with Crippen LogP contribution in [-0.2, 0) is 27.5 Å². The lowest BCUT2D eigenvalue weighted by Gasteiger charge is -2.31. The van der Waals surface area contributed by atoms with E-state index in [1.54, 1.807) is 6.07 Å². The molecule has 0 bridgehead atoms. The number of esters is 1. The van der Waals surface area contributed by atoms with Crippen molar-refractivity contribution in [2.45, 2.75) is 56.0 Å². The van der Waals surface area contributed by atoms with Gasteiger partial charge in [0.15, 0.2) is 21.0 Å². The molecule has 0 spiro atoms. The Kier molecular flexibility index (Phi) is 6.38. The van der Waals surface area contributed by atoms with Crippen LogP contribution < -0.4 is 0 Å². The predicted molar refractivity (Wildman–Crippen MR) is 103 cm³/mol. The summed E-state index contributed by atoms with van der Waals surface area (Å²) < 4.78 is 98.9. The van der Waals surface area contributed by atoms with Gasteiger partial charge >= 0.3 is 12.1 Å². The van der Waals surface area contributed by atoms with E-state index in [0.717, 1.165) is 17.9 Å². The van der Waals surface area contributed by atoms with Crippen LogP contribution in [0.5, 0.6) is 0 Å². The Balaban J connectivity index is 2.03. The maximum absolute atomic E-state index is 14.8. The van der Waals surface area contributed by atoms with Gasteiger partial charge in [0, 0.05) is 24.9 Å². The van der Waals surface area contributed by atoms with Crippen LogP contribution in [0.4, 0.5) is 22.0 Å². The molecule has 1 aromatic heterocycles. The molecule has 0 fully saturated rings.